The molecule has 3 fully saturated rings. The first-order valence-electron chi connectivity index (χ1n) is 5.89. The molecule has 3 rings (SSSR count). The molecule has 6 N–H and O–H groups in total. The standard InChI is InChI=1S/C11H22N2O2.2ClH/c12-6-10(14)5-9-3-1-2-8(10)4-11(9,15)7-13;;/h8-9,14-15H,1-7,12-13H2;2*1H. The van der Waals surface area contributed by atoms with Crippen molar-refractivity contribution in [2.75, 3.05) is 13.1 Å². The van der Waals surface area contributed by atoms with Crippen molar-refractivity contribution < 1.29 is 10.2 Å². The summed E-state index contributed by atoms with van der Waals surface area (Å²) >= 11 is 0. The maximum Gasteiger partial charge on any atom is 0.0802 e. The summed E-state index contributed by atoms with van der Waals surface area (Å²) in [5.74, 6) is 0.240. The van der Waals surface area contributed by atoms with Crippen LogP contribution in [-0.2, 0) is 0 Å². The second-order valence-electron chi connectivity index (χ2n) is 5.35. The summed E-state index contributed by atoms with van der Waals surface area (Å²) in [5.41, 5.74) is 9.80. The van der Waals surface area contributed by atoms with Crippen LogP contribution in [0.25, 0.3) is 0 Å². The van der Waals surface area contributed by atoms with Crippen molar-refractivity contribution in [3.05, 3.63) is 0 Å². The predicted molar refractivity (Wildman–Crippen MR) is 72.6 cm³/mol. The van der Waals surface area contributed by atoms with Gasteiger partial charge in [0.1, 0.15) is 0 Å². The minimum absolute atomic E-state index is 0. The van der Waals surface area contributed by atoms with E-state index < -0.39 is 11.2 Å². The number of hydrogen-bond donors (Lipinski definition) is 4. The fraction of sp³-hybridized carbons (Fsp3) is 1.00. The zero-order valence-corrected chi connectivity index (χ0v) is 11.6. The Labute approximate surface area is 115 Å². The van der Waals surface area contributed by atoms with Crippen LogP contribution in [0.3, 0.4) is 0 Å². The molecule has 4 atom stereocenters. The Bertz CT molecular complexity index is 234. The zero-order chi connectivity index (χ0) is 11.1. The largest absolute Gasteiger partial charge is 0.388 e. The van der Waals surface area contributed by atoms with Crippen LogP contribution in [-0.4, -0.2) is 34.5 Å². The van der Waals surface area contributed by atoms with Crippen molar-refractivity contribution in [2.24, 2.45) is 23.3 Å². The number of fused-ring (bicyclic) bond motifs is 4. The Morgan fingerprint density at radius 3 is 1.53 bits per heavy atom. The number of aliphatic hydroxyl groups is 2. The Morgan fingerprint density at radius 1 is 0.882 bits per heavy atom. The number of rotatable bonds is 2. The van der Waals surface area contributed by atoms with Gasteiger partial charge in [-0.25, -0.2) is 0 Å². The molecule has 17 heavy (non-hydrogen) atoms. The van der Waals surface area contributed by atoms with Crippen molar-refractivity contribution in [1.29, 1.82) is 0 Å². The van der Waals surface area contributed by atoms with E-state index in [-0.39, 0.29) is 36.6 Å². The van der Waals surface area contributed by atoms with Crippen molar-refractivity contribution in [3.8, 4) is 0 Å². The summed E-state index contributed by atoms with van der Waals surface area (Å²) in [6.45, 7) is 0.601. The monoisotopic (exact) mass is 286 g/mol. The minimum Gasteiger partial charge on any atom is -0.388 e. The van der Waals surface area contributed by atoms with E-state index in [0.29, 0.717) is 25.9 Å². The first kappa shape index (κ1) is 17.4. The molecule has 0 spiro atoms. The van der Waals surface area contributed by atoms with E-state index in [1.54, 1.807) is 0 Å². The Hall–Kier alpha value is 0.420. The van der Waals surface area contributed by atoms with Gasteiger partial charge in [-0.05, 0) is 37.5 Å². The van der Waals surface area contributed by atoms with Crippen LogP contribution in [0.4, 0.5) is 0 Å². The van der Waals surface area contributed by atoms with Crippen molar-refractivity contribution in [3.63, 3.8) is 0 Å². The van der Waals surface area contributed by atoms with Crippen molar-refractivity contribution in [2.45, 2.75) is 43.3 Å². The highest BCUT2D eigenvalue weighted by atomic mass is 35.5. The third kappa shape index (κ3) is 2.88. The van der Waals surface area contributed by atoms with Gasteiger partial charge in [0, 0.05) is 13.1 Å². The van der Waals surface area contributed by atoms with Crippen LogP contribution >= 0.6 is 24.8 Å². The average molecular weight is 287 g/mol. The first-order chi connectivity index (χ1) is 7.04. The van der Waals surface area contributed by atoms with Gasteiger partial charge in [-0.1, -0.05) is 6.42 Å². The summed E-state index contributed by atoms with van der Waals surface area (Å²) in [6, 6.07) is 0. The summed E-state index contributed by atoms with van der Waals surface area (Å²) in [7, 11) is 0. The lowest BCUT2D eigenvalue weighted by atomic mass is 9.64. The number of nitrogens with two attached hydrogens (primary N) is 2. The van der Waals surface area contributed by atoms with Crippen LogP contribution in [0.2, 0.25) is 0 Å². The summed E-state index contributed by atoms with van der Waals surface area (Å²) in [6.07, 6.45) is 4.22. The normalized spacial score (nSPS) is 44.5. The summed E-state index contributed by atoms with van der Waals surface area (Å²) < 4.78 is 0. The molecule has 0 radical (unpaired) electrons. The van der Waals surface area contributed by atoms with E-state index in [0.717, 1.165) is 19.3 Å². The molecule has 0 aromatic rings. The molecule has 0 aromatic carbocycles. The Kier molecular flexibility index (Phi) is 6.19. The van der Waals surface area contributed by atoms with Crippen molar-refractivity contribution in [1.82, 2.24) is 0 Å². The van der Waals surface area contributed by atoms with E-state index in [4.69, 9.17) is 11.5 Å². The Morgan fingerprint density at radius 2 is 1.24 bits per heavy atom. The van der Waals surface area contributed by atoms with Crippen LogP contribution in [0.15, 0.2) is 0 Å². The van der Waals surface area contributed by atoms with Crippen molar-refractivity contribution >= 4 is 24.8 Å². The molecule has 3 saturated carbocycles. The first-order valence-corrected chi connectivity index (χ1v) is 5.89. The van der Waals surface area contributed by atoms with Crippen LogP contribution in [0.1, 0.15) is 32.1 Å². The molecule has 3 aliphatic carbocycles. The van der Waals surface area contributed by atoms with Gasteiger partial charge in [0.15, 0.2) is 0 Å². The molecular weight excluding hydrogens is 263 g/mol. The van der Waals surface area contributed by atoms with Gasteiger partial charge in [-0.3, -0.25) is 0 Å². The van der Waals surface area contributed by atoms with Crippen LogP contribution in [0.5, 0.6) is 0 Å². The molecule has 4 unspecified atom stereocenters. The molecule has 0 heterocycles. The summed E-state index contributed by atoms with van der Waals surface area (Å²) in [4.78, 5) is 0. The molecule has 2 bridgehead atoms. The minimum atomic E-state index is -0.761. The van der Waals surface area contributed by atoms with E-state index in [1.165, 1.54) is 0 Å². The maximum absolute atomic E-state index is 10.4. The molecule has 3 aliphatic rings. The molecule has 104 valence electrons. The van der Waals surface area contributed by atoms with Gasteiger partial charge < -0.3 is 21.7 Å². The molecule has 0 aliphatic heterocycles. The second kappa shape index (κ2) is 6.04. The quantitative estimate of drug-likeness (QED) is 0.592. The highest BCUT2D eigenvalue weighted by Gasteiger charge is 2.53. The summed E-state index contributed by atoms with van der Waals surface area (Å²) in [5, 5.41) is 20.8. The van der Waals surface area contributed by atoms with E-state index in [2.05, 4.69) is 0 Å². The predicted octanol–water partition coefficient (Wildman–Crippen LogP) is 0.420. The second-order valence-corrected chi connectivity index (χ2v) is 5.35. The van der Waals surface area contributed by atoms with Gasteiger partial charge in [0.05, 0.1) is 11.2 Å². The van der Waals surface area contributed by atoms with Gasteiger partial charge in [0.2, 0.25) is 0 Å². The van der Waals surface area contributed by atoms with Gasteiger partial charge in [-0.2, -0.15) is 0 Å². The molecule has 0 aromatic heterocycles. The molecular formula is C11H24Cl2N2O2. The third-order valence-electron chi connectivity index (χ3n) is 4.53. The van der Waals surface area contributed by atoms with E-state index >= 15 is 0 Å². The molecule has 0 amide bonds. The topological polar surface area (TPSA) is 92.5 Å². The zero-order valence-electron chi connectivity index (χ0n) is 9.97. The lowest BCUT2D eigenvalue weighted by molar-refractivity contribution is -0.137. The molecule has 0 saturated heterocycles. The van der Waals surface area contributed by atoms with Gasteiger partial charge >= 0.3 is 0 Å². The van der Waals surface area contributed by atoms with E-state index in [1.807, 2.05) is 0 Å². The van der Waals surface area contributed by atoms with Crippen LogP contribution in [0, 0.1) is 11.8 Å². The van der Waals surface area contributed by atoms with Gasteiger partial charge in [0.25, 0.3) is 0 Å². The van der Waals surface area contributed by atoms with Gasteiger partial charge in [-0.15, -0.1) is 24.8 Å². The SMILES string of the molecule is Cl.Cl.NCC1(O)CC2CCCC1CC2(O)CN. The number of halogens is 2. The fourth-order valence-electron chi connectivity index (χ4n) is 3.42. The highest BCUT2D eigenvalue weighted by molar-refractivity contribution is 5.85. The van der Waals surface area contributed by atoms with E-state index in [9.17, 15) is 10.2 Å². The fourth-order valence-corrected chi connectivity index (χ4v) is 3.42. The highest BCUT2D eigenvalue weighted by Crippen LogP contribution is 2.49. The average Bonchev–Trinajstić information content (AvgIpc) is 2.49. The molecule has 4 nitrogen and oxygen atoms in total. The smallest absolute Gasteiger partial charge is 0.0802 e. The third-order valence-corrected chi connectivity index (χ3v) is 4.53. The molecule has 6 heteroatoms. The number of hydrogen-bond acceptors (Lipinski definition) is 4. The lowest BCUT2D eigenvalue weighted by Gasteiger charge is -2.48. The van der Waals surface area contributed by atoms with Crippen LogP contribution < -0.4 is 11.5 Å². The lowest BCUT2D eigenvalue weighted by Crippen LogP contribution is -2.59. The Balaban J connectivity index is 0.00000128. The maximum atomic E-state index is 10.4.